The number of nitrogens with zero attached hydrogens (tertiary/aromatic N) is 1. The van der Waals surface area contributed by atoms with Gasteiger partial charge in [-0.05, 0) is 42.8 Å². The van der Waals surface area contributed by atoms with E-state index < -0.39 is 25.9 Å². The van der Waals surface area contributed by atoms with Gasteiger partial charge in [0.15, 0.2) is 9.84 Å². The molecule has 2 aromatic carbocycles. The van der Waals surface area contributed by atoms with Gasteiger partial charge in [-0.25, -0.2) is 16.8 Å². The molecule has 0 N–H and O–H groups in total. The molecule has 1 atom stereocenters. The first-order chi connectivity index (χ1) is 11.8. The van der Waals surface area contributed by atoms with Gasteiger partial charge in [0.2, 0.25) is 0 Å². The van der Waals surface area contributed by atoms with E-state index in [2.05, 4.69) is 0 Å². The lowest BCUT2D eigenvalue weighted by Crippen LogP contribution is -2.41. The van der Waals surface area contributed by atoms with Crippen molar-refractivity contribution in [2.24, 2.45) is 0 Å². The van der Waals surface area contributed by atoms with Gasteiger partial charge in [-0.2, -0.15) is 0 Å². The summed E-state index contributed by atoms with van der Waals surface area (Å²) in [5.41, 5.74) is 0.423. The zero-order chi connectivity index (χ0) is 18.1. The van der Waals surface area contributed by atoms with Crippen molar-refractivity contribution in [1.82, 2.24) is 0 Å². The molecule has 0 bridgehead atoms. The molecule has 1 aliphatic heterocycles. The number of hydrogen-bond donors (Lipinski definition) is 0. The van der Waals surface area contributed by atoms with E-state index >= 15 is 0 Å². The van der Waals surface area contributed by atoms with Crippen LogP contribution in [-0.2, 0) is 19.9 Å². The third-order valence-corrected chi connectivity index (χ3v) is 7.81. The van der Waals surface area contributed by atoms with Crippen LogP contribution in [0.5, 0.6) is 5.75 Å². The standard InChI is InChI=1S/C17H19NO5S2/c1-23-16-9-7-14(8-10-16)18(15-11-12-24(19,20)13-15)25(21,22)17-5-3-2-4-6-17/h2-10,15H,11-13H2,1H3. The topological polar surface area (TPSA) is 80.8 Å². The van der Waals surface area contributed by atoms with Crippen LogP contribution < -0.4 is 9.04 Å². The maximum Gasteiger partial charge on any atom is 0.264 e. The maximum atomic E-state index is 13.2. The second kappa shape index (κ2) is 6.68. The molecule has 1 unspecified atom stereocenters. The van der Waals surface area contributed by atoms with Crippen LogP contribution in [0, 0.1) is 0 Å². The van der Waals surface area contributed by atoms with Crippen molar-refractivity contribution in [3.63, 3.8) is 0 Å². The number of anilines is 1. The predicted molar refractivity (Wildman–Crippen MR) is 96.2 cm³/mol. The molecular formula is C17H19NO5S2. The van der Waals surface area contributed by atoms with E-state index in [1.54, 1.807) is 42.5 Å². The summed E-state index contributed by atoms with van der Waals surface area (Å²) in [5, 5.41) is 0. The molecule has 6 nitrogen and oxygen atoms in total. The Morgan fingerprint density at radius 1 is 1.04 bits per heavy atom. The summed E-state index contributed by atoms with van der Waals surface area (Å²) in [6.07, 6.45) is 0.278. The molecule has 2 aromatic rings. The van der Waals surface area contributed by atoms with Crippen molar-refractivity contribution in [1.29, 1.82) is 0 Å². The lowest BCUT2D eigenvalue weighted by atomic mass is 10.2. The number of hydrogen-bond acceptors (Lipinski definition) is 5. The number of ether oxygens (including phenoxy) is 1. The second-order valence-corrected chi connectivity index (χ2v) is 9.91. The Balaban J connectivity index is 2.08. The molecule has 1 saturated heterocycles. The van der Waals surface area contributed by atoms with Crippen LogP contribution >= 0.6 is 0 Å². The average molecular weight is 381 g/mol. The summed E-state index contributed by atoms with van der Waals surface area (Å²) >= 11 is 0. The summed E-state index contributed by atoms with van der Waals surface area (Å²) in [4.78, 5) is 0.134. The fraction of sp³-hybridized carbons (Fsp3) is 0.294. The van der Waals surface area contributed by atoms with Crippen molar-refractivity contribution in [3.05, 3.63) is 54.6 Å². The average Bonchev–Trinajstić information content (AvgIpc) is 2.95. The van der Waals surface area contributed by atoms with Crippen molar-refractivity contribution in [2.75, 3.05) is 22.9 Å². The van der Waals surface area contributed by atoms with E-state index in [1.807, 2.05) is 0 Å². The summed E-state index contributed by atoms with van der Waals surface area (Å²) < 4.78 is 56.5. The monoisotopic (exact) mass is 381 g/mol. The van der Waals surface area contributed by atoms with Crippen LogP contribution in [0.15, 0.2) is 59.5 Å². The third-order valence-electron chi connectivity index (χ3n) is 4.17. The van der Waals surface area contributed by atoms with Gasteiger partial charge < -0.3 is 4.74 Å². The number of rotatable bonds is 5. The highest BCUT2D eigenvalue weighted by molar-refractivity contribution is 7.93. The van der Waals surface area contributed by atoms with Gasteiger partial charge in [-0.3, -0.25) is 4.31 Å². The third kappa shape index (κ3) is 3.64. The largest absolute Gasteiger partial charge is 0.497 e. The molecule has 1 aliphatic rings. The van der Waals surface area contributed by atoms with Crippen LogP contribution in [0.25, 0.3) is 0 Å². The Labute approximate surface area is 148 Å². The van der Waals surface area contributed by atoms with Gasteiger partial charge >= 0.3 is 0 Å². The van der Waals surface area contributed by atoms with Crippen LogP contribution in [0.4, 0.5) is 5.69 Å². The fourth-order valence-electron chi connectivity index (χ4n) is 2.94. The molecule has 8 heteroatoms. The minimum absolute atomic E-state index is 0.00533. The number of sulfone groups is 1. The predicted octanol–water partition coefficient (Wildman–Crippen LogP) is 2.08. The van der Waals surface area contributed by atoms with E-state index in [0.717, 1.165) is 0 Å². The molecular weight excluding hydrogens is 362 g/mol. The normalized spacial score (nSPS) is 19.5. The Kier molecular flexibility index (Phi) is 4.75. The molecule has 0 saturated carbocycles. The quantitative estimate of drug-likeness (QED) is 0.792. The minimum Gasteiger partial charge on any atom is -0.497 e. The highest BCUT2D eigenvalue weighted by Crippen LogP contribution is 2.31. The van der Waals surface area contributed by atoms with Gasteiger partial charge in [-0.15, -0.1) is 0 Å². The zero-order valence-corrected chi connectivity index (χ0v) is 15.3. The molecule has 1 heterocycles. The van der Waals surface area contributed by atoms with Crippen molar-refractivity contribution in [2.45, 2.75) is 17.4 Å². The molecule has 134 valence electrons. The van der Waals surface area contributed by atoms with Crippen LogP contribution in [-0.4, -0.2) is 41.5 Å². The van der Waals surface area contributed by atoms with E-state index in [9.17, 15) is 16.8 Å². The maximum absolute atomic E-state index is 13.2. The van der Waals surface area contributed by atoms with E-state index in [0.29, 0.717) is 11.4 Å². The van der Waals surface area contributed by atoms with Gasteiger partial charge in [0.25, 0.3) is 10.0 Å². The summed E-state index contributed by atoms with van der Waals surface area (Å²) in [6.45, 7) is 0. The lowest BCUT2D eigenvalue weighted by molar-refractivity contribution is 0.415. The van der Waals surface area contributed by atoms with Crippen LogP contribution in [0.1, 0.15) is 6.42 Å². The molecule has 25 heavy (non-hydrogen) atoms. The molecule has 0 aromatic heterocycles. The highest BCUT2D eigenvalue weighted by atomic mass is 32.2. The molecule has 0 radical (unpaired) electrons. The molecule has 1 fully saturated rings. The van der Waals surface area contributed by atoms with Crippen molar-refractivity contribution < 1.29 is 21.6 Å². The van der Waals surface area contributed by atoms with Gasteiger partial charge in [0, 0.05) is 0 Å². The Morgan fingerprint density at radius 3 is 2.20 bits per heavy atom. The first kappa shape index (κ1) is 17.8. The minimum atomic E-state index is -3.88. The van der Waals surface area contributed by atoms with Crippen molar-refractivity contribution >= 4 is 25.5 Å². The molecule has 0 spiro atoms. The van der Waals surface area contributed by atoms with E-state index in [-0.39, 0.29) is 22.8 Å². The molecule has 0 amide bonds. The Hall–Kier alpha value is -2.06. The second-order valence-electron chi connectivity index (χ2n) is 5.87. The fourth-order valence-corrected chi connectivity index (χ4v) is 6.44. The highest BCUT2D eigenvalue weighted by Gasteiger charge is 2.39. The van der Waals surface area contributed by atoms with E-state index in [4.69, 9.17) is 4.74 Å². The number of sulfonamides is 1. The lowest BCUT2D eigenvalue weighted by Gasteiger charge is -2.29. The summed E-state index contributed by atoms with van der Waals surface area (Å²) in [5.74, 6) is 0.416. The Morgan fingerprint density at radius 2 is 1.68 bits per heavy atom. The number of methoxy groups -OCH3 is 1. The zero-order valence-electron chi connectivity index (χ0n) is 13.7. The van der Waals surface area contributed by atoms with E-state index in [1.165, 1.54) is 23.5 Å². The first-order valence-corrected chi connectivity index (χ1v) is 11.0. The SMILES string of the molecule is COc1ccc(N(C2CCS(=O)(=O)C2)S(=O)(=O)c2ccccc2)cc1. The van der Waals surface area contributed by atoms with Gasteiger partial charge in [0.05, 0.1) is 35.2 Å². The number of benzene rings is 2. The summed E-state index contributed by atoms with van der Waals surface area (Å²) in [7, 11) is -5.59. The molecule has 0 aliphatic carbocycles. The van der Waals surface area contributed by atoms with Crippen LogP contribution in [0.2, 0.25) is 0 Å². The van der Waals surface area contributed by atoms with Crippen LogP contribution in [0.3, 0.4) is 0 Å². The smallest absolute Gasteiger partial charge is 0.264 e. The molecule has 3 rings (SSSR count). The van der Waals surface area contributed by atoms with Crippen molar-refractivity contribution in [3.8, 4) is 5.75 Å². The van der Waals surface area contributed by atoms with Gasteiger partial charge in [0.1, 0.15) is 5.75 Å². The first-order valence-electron chi connectivity index (χ1n) is 7.77. The Bertz CT molecular complexity index is 938. The van der Waals surface area contributed by atoms with Gasteiger partial charge in [-0.1, -0.05) is 18.2 Å². The summed E-state index contributed by atoms with van der Waals surface area (Å²) in [6, 6.07) is 14.0.